The lowest BCUT2D eigenvalue weighted by Crippen LogP contribution is -2.36. The van der Waals surface area contributed by atoms with Crippen LogP contribution in [-0.4, -0.2) is 40.1 Å². The van der Waals surface area contributed by atoms with Crippen LogP contribution >= 0.6 is 11.6 Å². The number of fused-ring (bicyclic) bond motifs is 3. The number of hydrogen-bond acceptors (Lipinski definition) is 4. The normalized spacial score (nSPS) is 17.9. The van der Waals surface area contributed by atoms with Gasteiger partial charge in [0.25, 0.3) is 0 Å². The van der Waals surface area contributed by atoms with Crippen molar-refractivity contribution in [3.8, 4) is 0 Å². The maximum Gasteiger partial charge on any atom is 0.227 e. The standard InChI is InChI=1S/C16H15ClN4O2/c17-9-1-2-12-11(5-9)16-13(7-18-12)20-14(21-16)6-15(22)19-10-3-4-23-8-10/h1-2,5,7,10H,3-4,6,8H2,(H,19,22)(H,20,21)/t10-/m0/s1. The predicted molar refractivity (Wildman–Crippen MR) is 87.5 cm³/mol. The highest BCUT2D eigenvalue weighted by atomic mass is 35.5. The molecule has 118 valence electrons. The van der Waals surface area contributed by atoms with Gasteiger partial charge in [0, 0.05) is 17.0 Å². The third-order valence-electron chi connectivity index (χ3n) is 3.95. The van der Waals surface area contributed by atoms with Crippen molar-refractivity contribution in [2.45, 2.75) is 18.9 Å². The molecule has 3 aromatic rings. The van der Waals surface area contributed by atoms with Gasteiger partial charge in [0.1, 0.15) is 5.82 Å². The maximum absolute atomic E-state index is 12.1. The van der Waals surface area contributed by atoms with Crippen molar-refractivity contribution in [1.29, 1.82) is 0 Å². The Balaban J connectivity index is 1.62. The zero-order valence-electron chi connectivity index (χ0n) is 12.3. The topological polar surface area (TPSA) is 79.9 Å². The van der Waals surface area contributed by atoms with Crippen LogP contribution in [0.3, 0.4) is 0 Å². The highest BCUT2D eigenvalue weighted by Gasteiger charge is 2.19. The monoisotopic (exact) mass is 330 g/mol. The van der Waals surface area contributed by atoms with Crippen LogP contribution in [0, 0.1) is 0 Å². The van der Waals surface area contributed by atoms with Gasteiger partial charge in [-0.05, 0) is 24.6 Å². The van der Waals surface area contributed by atoms with Crippen LogP contribution in [0.2, 0.25) is 5.02 Å². The average Bonchev–Trinajstić information content (AvgIpc) is 3.16. The minimum absolute atomic E-state index is 0.0603. The number of H-pyrrole nitrogens is 1. The molecule has 1 atom stereocenters. The first-order valence-electron chi connectivity index (χ1n) is 7.49. The summed E-state index contributed by atoms with van der Waals surface area (Å²) in [6, 6.07) is 5.60. The fourth-order valence-electron chi connectivity index (χ4n) is 2.84. The number of hydrogen-bond donors (Lipinski definition) is 2. The van der Waals surface area contributed by atoms with Crippen LogP contribution in [0.15, 0.2) is 24.4 Å². The number of nitrogens with one attached hydrogen (secondary N) is 2. The van der Waals surface area contributed by atoms with Crippen molar-refractivity contribution >= 4 is 39.4 Å². The number of amides is 1. The molecule has 1 aliphatic heterocycles. The molecule has 1 fully saturated rings. The summed E-state index contributed by atoms with van der Waals surface area (Å²) in [6.45, 7) is 1.28. The minimum atomic E-state index is -0.0603. The van der Waals surface area contributed by atoms with E-state index >= 15 is 0 Å². The molecule has 0 aliphatic carbocycles. The number of aromatic amines is 1. The lowest BCUT2D eigenvalue weighted by molar-refractivity contribution is -0.121. The Bertz CT molecular complexity index is 886. The molecule has 4 rings (SSSR count). The summed E-state index contributed by atoms with van der Waals surface area (Å²) < 4.78 is 5.26. The Morgan fingerprint density at radius 2 is 2.39 bits per heavy atom. The van der Waals surface area contributed by atoms with E-state index in [9.17, 15) is 4.79 Å². The Kier molecular flexibility index (Phi) is 3.63. The number of halogens is 1. The molecule has 3 heterocycles. The quantitative estimate of drug-likeness (QED) is 0.771. The Labute approximate surface area is 137 Å². The van der Waals surface area contributed by atoms with E-state index < -0.39 is 0 Å². The molecule has 2 N–H and O–H groups in total. The Morgan fingerprint density at radius 3 is 3.22 bits per heavy atom. The molecule has 7 heteroatoms. The first-order valence-corrected chi connectivity index (χ1v) is 7.87. The van der Waals surface area contributed by atoms with Gasteiger partial charge >= 0.3 is 0 Å². The number of aromatic nitrogens is 3. The van der Waals surface area contributed by atoms with Gasteiger partial charge in [0.15, 0.2) is 0 Å². The molecule has 23 heavy (non-hydrogen) atoms. The van der Waals surface area contributed by atoms with Gasteiger partial charge in [-0.25, -0.2) is 4.98 Å². The van der Waals surface area contributed by atoms with Crippen molar-refractivity contribution in [3.63, 3.8) is 0 Å². The minimum Gasteiger partial charge on any atom is -0.379 e. The summed E-state index contributed by atoms with van der Waals surface area (Å²) in [4.78, 5) is 24.2. The van der Waals surface area contributed by atoms with Gasteiger partial charge in [0.2, 0.25) is 5.91 Å². The largest absolute Gasteiger partial charge is 0.379 e. The second-order valence-corrected chi connectivity index (χ2v) is 6.11. The predicted octanol–water partition coefficient (Wildman–Crippen LogP) is 2.21. The van der Waals surface area contributed by atoms with Crippen LogP contribution in [-0.2, 0) is 16.0 Å². The van der Waals surface area contributed by atoms with Gasteiger partial charge in [-0.3, -0.25) is 9.78 Å². The molecule has 1 aliphatic rings. The molecule has 6 nitrogen and oxygen atoms in total. The SMILES string of the molecule is O=C(Cc1nc2c(cnc3ccc(Cl)cc32)[nH]1)N[C@H]1CCOC1. The maximum atomic E-state index is 12.1. The van der Waals surface area contributed by atoms with Crippen LogP contribution in [0.1, 0.15) is 12.2 Å². The molecule has 0 spiro atoms. The summed E-state index contributed by atoms with van der Waals surface area (Å²) in [5.74, 6) is 0.556. The van der Waals surface area contributed by atoms with Gasteiger partial charge < -0.3 is 15.0 Å². The van der Waals surface area contributed by atoms with E-state index in [-0.39, 0.29) is 18.4 Å². The lowest BCUT2D eigenvalue weighted by atomic mass is 10.2. The summed E-state index contributed by atoms with van der Waals surface area (Å²) in [5, 5.41) is 4.47. The van der Waals surface area contributed by atoms with Gasteiger partial charge in [-0.2, -0.15) is 0 Å². The van der Waals surface area contributed by atoms with Crippen molar-refractivity contribution in [2.24, 2.45) is 0 Å². The fourth-order valence-corrected chi connectivity index (χ4v) is 3.02. The van der Waals surface area contributed by atoms with E-state index in [2.05, 4.69) is 20.3 Å². The molecular weight excluding hydrogens is 316 g/mol. The van der Waals surface area contributed by atoms with Crippen LogP contribution in [0.25, 0.3) is 21.9 Å². The van der Waals surface area contributed by atoms with Crippen LogP contribution in [0.4, 0.5) is 0 Å². The molecule has 1 saturated heterocycles. The highest BCUT2D eigenvalue weighted by molar-refractivity contribution is 6.31. The third kappa shape index (κ3) is 2.87. The summed E-state index contributed by atoms with van der Waals surface area (Å²) in [5.41, 5.74) is 2.41. The molecular formula is C16H15ClN4O2. The Hall–Kier alpha value is -2.18. The van der Waals surface area contributed by atoms with Crippen LogP contribution < -0.4 is 5.32 Å². The number of ether oxygens (including phenoxy) is 1. The lowest BCUT2D eigenvalue weighted by Gasteiger charge is -2.09. The summed E-state index contributed by atoms with van der Waals surface area (Å²) >= 11 is 6.06. The molecule has 1 aromatic carbocycles. The van der Waals surface area contributed by atoms with E-state index in [1.807, 2.05) is 12.1 Å². The highest BCUT2D eigenvalue weighted by Crippen LogP contribution is 2.24. The van der Waals surface area contributed by atoms with E-state index in [0.717, 1.165) is 28.4 Å². The van der Waals surface area contributed by atoms with E-state index in [4.69, 9.17) is 16.3 Å². The second kappa shape index (κ2) is 5.79. The van der Waals surface area contributed by atoms with E-state index in [1.165, 1.54) is 0 Å². The number of imidazole rings is 1. The first kappa shape index (κ1) is 14.4. The van der Waals surface area contributed by atoms with Gasteiger partial charge in [-0.1, -0.05) is 11.6 Å². The number of carbonyl (C=O) groups excluding carboxylic acids is 1. The molecule has 0 radical (unpaired) electrons. The van der Waals surface area contributed by atoms with Crippen molar-refractivity contribution < 1.29 is 9.53 Å². The second-order valence-electron chi connectivity index (χ2n) is 5.67. The number of nitrogens with zero attached hydrogens (tertiary/aromatic N) is 2. The number of benzene rings is 1. The first-order chi connectivity index (χ1) is 11.2. The molecule has 0 bridgehead atoms. The summed E-state index contributed by atoms with van der Waals surface area (Å²) in [6.07, 6.45) is 2.79. The van der Waals surface area contributed by atoms with Crippen molar-refractivity contribution in [2.75, 3.05) is 13.2 Å². The summed E-state index contributed by atoms with van der Waals surface area (Å²) in [7, 11) is 0. The molecule has 0 saturated carbocycles. The van der Waals surface area contributed by atoms with Gasteiger partial charge in [0.05, 0.1) is 41.8 Å². The molecule has 2 aromatic heterocycles. The fraction of sp³-hybridized carbons (Fsp3) is 0.312. The van der Waals surface area contributed by atoms with E-state index in [0.29, 0.717) is 24.1 Å². The third-order valence-corrected chi connectivity index (χ3v) is 4.19. The van der Waals surface area contributed by atoms with E-state index in [1.54, 1.807) is 12.3 Å². The van der Waals surface area contributed by atoms with Crippen LogP contribution in [0.5, 0.6) is 0 Å². The number of carbonyl (C=O) groups is 1. The van der Waals surface area contributed by atoms with Gasteiger partial charge in [-0.15, -0.1) is 0 Å². The van der Waals surface area contributed by atoms with Crippen molar-refractivity contribution in [3.05, 3.63) is 35.2 Å². The number of rotatable bonds is 3. The smallest absolute Gasteiger partial charge is 0.227 e. The zero-order chi connectivity index (χ0) is 15.8. The Morgan fingerprint density at radius 1 is 1.48 bits per heavy atom. The number of pyridine rings is 1. The zero-order valence-corrected chi connectivity index (χ0v) is 13.1. The molecule has 1 amide bonds. The van der Waals surface area contributed by atoms with Crippen molar-refractivity contribution in [1.82, 2.24) is 20.3 Å². The molecule has 0 unspecified atom stereocenters. The average molecular weight is 331 g/mol.